The first-order chi connectivity index (χ1) is 22.7. The van der Waals surface area contributed by atoms with E-state index in [1.165, 1.54) is 0 Å². The number of amides is 4. The summed E-state index contributed by atoms with van der Waals surface area (Å²) in [6, 6.07) is 21.5. The molecule has 4 amide bonds. The van der Waals surface area contributed by atoms with Crippen LogP contribution in [-0.4, -0.2) is 54.8 Å². The van der Waals surface area contributed by atoms with Crippen LogP contribution in [0.25, 0.3) is 0 Å². The van der Waals surface area contributed by atoms with Crippen LogP contribution in [0.3, 0.4) is 0 Å². The highest BCUT2D eigenvalue weighted by Gasteiger charge is 2.29. The number of hydrogen-bond donors (Lipinski definition) is 7. The van der Waals surface area contributed by atoms with Gasteiger partial charge >= 0.3 is 0 Å². The summed E-state index contributed by atoms with van der Waals surface area (Å²) >= 11 is 0. The Bertz CT molecular complexity index is 1460. The van der Waals surface area contributed by atoms with Gasteiger partial charge in [-0.25, -0.2) is 0 Å². The first-order valence-corrected chi connectivity index (χ1v) is 15.5. The summed E-state index contributed by atoms with van der Waals surface area (Å²) < 4.78 is 5.82. The molecule has 0 bridgehead atoms. The van der Waals surface area contributed by atoms with Gasteiger partial charge in [0.1, 0.15) is 30.5 Å². The number of primary amides is 1. The molecule has 0 aliphatic rings. The smallest absolute Gasteiger partial charge is 0.251 e. The molecule has 0 aliphatic heterocycles. The second-order valence-electron chi connectivity index (χ2n) is 10.9. The fourth-order valence-corrected chi connectivity index (χ4v) is 4.70. The standard InChI is InChI=1S/C34H44N8O5/c35-20-8-7-14-27(40-31(44)25-12-5-2-6-13-25)32(45)41-28(15-9-21-39-34(37)38)33(46)42-29(30(36)43)24-16-18-26(19-17-24)47-22-23-10-3-1-4-11-23/h1-6,10-13,16-19,27-29H,7-9,14-15,20-22,35H2,(H2,36,43)(H,40,44)(H,41,45)(H,42,46)(H4,37,38,39)/t27-,28-,29+/m1/s1. The Morgan fingerprint density at radius 2 is 1.30 bits per heavy atom. The van der Waals surface area contributed by atoms with Crippen LogP contribution in [-0.2, 0) is 21.0 Å². The molecule has 0 saturated heterocycles. The van der Waals surface area contributed by atoms with Crippen molar-refractivity contribution >= 4 is 29.6 Å². The monoisotopic (exact) mass is 644 g/mol. The molecule has 0 heterocycles. The van der Waals surface area contributed by atoms with Crippen molar-refractivity contribution in [1.29, 1.82) is 0 Å². The highest BCUT2D eigenvalue weighted by molar-refractivity contribution is 5.98. The lowest BCUT2D eigenvalue weighted by atomic mass is 10.0. The highest BCUT2D eigenvalue weighted by Crippen LogP contribution is 2.20. The molecule has 3 rings (SSSR count). The molecule has 0 unspecified atom stereocenters. The first-order valence-electron chi connectivity index (χ1n) is 15.5. The van der Waals surface area contributed by atoms with Gasteiger partial charge in [0.05, 0.1) is 0 Å². The molecule has 3 aromatic rings. The molecule has 13 nitrogen and oxygen atoms in total. The van der Waals surface area contributed by atoms with Crippen molar-refractivity contribution in [1.82, 2.24) is 16.0 Å². The molecular weight excluding hydrogens is 600 g/mol. The number of unbranched alkanes of at least 4 members (excludes halogenated alkanes) is 1. The molecule has 250 valence electrons. The maximum absolute atomic E-state index is 13.6. The SMILES string of the molecule is NCCCC[C@@H](NC(=O)c1ccccc1)C(=O)N[C@H](CCCN=C(N)N)C(=O)N[C@H](C(N)=O)c1ccc(OCc2ccccc2)cc1. The number of aliphatic imine (C=N–C) groups is 1. The van der Waals surface area contributed by atoms with E-state index in [2.05, 4.69) is 20.9 Å². The predicted octanol–water partition coefficient (Wildman–Crippen LogP) is 1.37. The highest BCUT2D eigenvalue weighted by atomic mass is 16.5. The molecule has 0 aromatic heterocycles. The van der Waals surface area contributed by atoms with Crippen LogP contribution in [0.5, 0.6) is 5.75 Å². The fourth-order valence-electron chi connectivity index (χ4n) is 4.70. The molecule has 3 aromatic carbocycles. The van der Waals surface area contributed by atoms with Crippen molar-refractivity contribution in [3.8, 4) is 5.75 Å². The fraction of sp³-hybridized carbons (Fsp3) is 0.324. The normalized spacial score (nSPS) is 12.5. The summed E-state index contributed by atoms with van der Waals surface area (Å²) in [5.74, 6) is -1.98. The average molecular weight is 645 g/mol. The Balaban J connectivity index is 1.74. The zero-order chi connectivity index (χ0) is 34.0. The second kappa shape index (κ2) is 19.2. The van der Waals surface area contributed by atoms with Gasteiger partial charge in [-0.1, -0.05) is 60.7 Å². The minimum absolute atomic E-state index is 0.108. The maximum Gasteiger partial charge on any atom is 0.251 e. The maximum atomic E-state index is 13.6. The number of ether oxygens (including phenoxy) is 1. The number of rotatable bonds is 19. The van der Waals surface area contributed by atoms with Gasteiger partial charge in [0.2, 0.25) is 17.7 Å². The third-order valence-corrected chi connectivity index (χ3v) is 7.22. The van der Waals surface area contributed by atoms with Crippen LogP contribution < -0.4 is 43.6 Å². The lowest BCUT2D eigenvalue weighted by Crippen LogP contribution is -2.54. The average Bonchev–Trinajstić information content (AvgIpc) is 3.07. The Labute approximate surface area is 274 Å². The summed E-state index contributed by atoms with van der Waals surface area (Å²) in [6.45, 7) is 0.984. The van der Waals surface area contributed by atoms with Gasteiger partial charge in [-0.2, -0.15) is 0 Å². The number of benzene rings is 3. The van der Waals surface area contributed by atoms with E-state index in [4.69, 9.17) is 27.7 Å². The van der Waals surface area contributed by atoms with E-state index in [0.29, 0.717) is 55.7 Å². The number of nitrogens with zero attached hydrogens (tertiary/aromatic N) is 1. The number of guanidine groups is 1. The first kappa shape index (κ1) is 36.0. The quantitative estimate of drug-likeness (QED) is 0.0571. The Hall–Kier alpha value is -5.43. The molecular formula is C34H44N8O5. The third-order valence-electron chi connectivity index (χ3n) is 7.22. The van der Waals surface area contributed by atoms with E-state index in [0.717, 1.165) is 5.56 Å². The number of carbonyl (C=O) groups is 4. The molecule has 0 aliphatic carbocycles. The molecule has 0 saturated carbocycles. The van der Waals surface area contributed by atoms with E-state index in [9.17, 15) is 19.2 Å². The summed E-state index contributed by atoms with van der Waals surface area (Å²) in [7, 11) is 0. The van der Waals surface area contributed by atoms with E-state index in [1.54, 1.807) is 54.6 Å². The predicted molar refractivity (Wildman–Crippen MR) is 180 cm³/mol. The summed E-state index contributed by atoms with van der Waals surface area (Å²) in [6.07, 6.45) is 1.98. The Morgan fingerprint density at radius 1 is 0.702 bits per heavy atom. The minimum atomic E-state index is -1.19. The molecule has 47 heavy (non-hydrogen) atoms. The van der Waals surface area contributed by atoms with Gasteiger partial charge in [-0.3, -0.25) is 24.2 Å². The van der Waals surface area contributed by atoms with Crippen molar-refractivity contribution in [2.24, 2.45) is 27.9 Å². The zero-order valence-corrected chi connectivity index (χ0v) is 26.3. The largest absolute Gasteiger partial charge is 0.489 e. The second-order valence-corrected chi connectivity index (χ2v) is 10.9. The van der Waals surface area contributed by atoms with Crippen LogP contribution in [0.1, 0.15) is 59.6 Å². The van der Waals surface area contributed by atoms with Crippen molar-refractivity contribution < 1.29 is 23.9 Å². The summed E-state index contributed by atoms with van der Waals surface area (Å²) in [4.78, 5) is 56.5. The van der Waals surface area contributed by atoms with Crippen molar-refractivity contribution in [2.75, 3.05) is 13.1 Å². The van der Waals surface area contributed by atoms with Gasteiger partial charge in [0, 0.05) is 12.1 Å². The number of hydrogen-bond acceptors (Lipinski definition) is 7. The van der Waals surface area contributed by atoms with Crippen molar-refractivity contribution in [3.05, 3.63) is 102 Å². The van der Waals surface area contributed by atoms with Crippen LogP contribution in [0.15, 0.2) is 89.9 Å². The number of carbonyl (C=O) groups excluding carboxylic acids is 4. The Morgan fingerprint density at radius 3 is 1.91 bits per heavy atom. The van der Waals surface area contributed by atoms with Crippen LogP contribution >= 0.6 is 0 Å². The summed E-state index contributed by atoms with van der Waals surface area (Å²) in [5, 5.41) is 8.18. The van der Waals surface area contributed by atoms with E-state index >= 15 is 0 Å². The molecule has 3 atom stereocenters. The summed E-state index contributed by atoms with van der Waals surface area (Å²) in [5.41, 5.74) is 24.0. The van der Waals surface area contributed by atoms with Crippen molar-refractivity contribution in [2.45, 2.75) is 56.8 Å². The number of nitrogens with two attached hydrogens (primary N) is 4. The number of nitrogens with one attached hydrogen (secondary N) is 3. The molecule has 0 radical (unpaired) electrons. The molecule has 0 fully saturated rings. The van der Waals surface area contributed by atoms with Gasteiger partial charge in [0.25, 0.3) is 5.91 Å². The topological polar surface area (TPSA) is 230 Å². The van der Waals surface area contributed by atoms with Crippen LogP contribution in [0, 0.1) is 0 Å². The lowest BCUT2D eigenvalue weighted by molar-refractivity contribution is -0.132. The van der Waals surface area contributed by atoms with E-state index < -0.39 is 41.8 Å². The third kappa shape index (κ3) is 12.5. The molecule has 0 spiro atoms. The van der Waals surface area contributed by atoms with Crippen LogP contribution in [0.2, 0.25) is 0 Å². The van der Waals surface area contributed by atoms with Gasteiger partial charge in [0.15, 0.2) is 5.96 Å². The van der Waals surface area contributed by atoms with Crippen LogP contribution in [0.4, 0.5) is 0 Å². The van der Waals surface area contributed by atoms with E-state index in [-0.39, 0.29) is 18.9 Å². The van der Waals surface area contributed by atoms with E-state index in [1.807, 2.05) is 30.3 Å². The van der Waals surface area contributed by atoms with Gasteiger partial charge < -0.3 is 43.6 Å². The van der Waals surface area contributed by atoms with Gasteiger partial charge in [-0.15, -0.1) is 0 Å². The van der Waals surface area contributed by atoms with Crippen molar-refractivity contribution in [3.63, 3.8) is 0 Å². The zero-order valence-electron chi connectivity index (χ0n) is 26.3. The molecule has 13 heteroatoms. The lowest BCUT2D eigenvalue weighted by Gasteiger charge is -2.25. The Kier molecular flexibility index (Phi) is 14.7. The molecule has 11 N–H and O–H groups in total. The minimum Gasteiger partial charge on any atom is -0.489 e. The van der Waals surface area contributed by atoms with Gasteiger partial charge in [-0.05, 0) is 74.0 Å².